The lowest BCUT2D eigenvalue weighted by atomic mass is 10.1. The number of para-hydroxylation sites is 1. The van der Waals surface area contributed by atoms with Crippen LogP contribution < -0.4 is 0 Å². The van der Waals surface area contributed by atoms with E-state index in [2.05, 4.69) is 11.9 Å². The third-order valence-corrected chi connectivity index (χ3v) is 3.57. The molecule has 0 unspecified atom stereocenters. The van der Waals surface area contributed by atoms with Gasteiger partial charge >= 0.3 is 5.97 Å². The second-order valence-corrected chi connectivity index (χ2v) is 5.06. The van der Waals surface area contributed by atoms with Crippen LogP contribution in [0.1, 0.15) is 23.4 Å². The van der Waals surface area contributed by atoms with E-state index in [9.17, 15) is 4.79 Å². The maximum atomic E-state index is 12.0. The van der Waals surface area contributed by atoms with Gasteiger partial charge in [-0.05, 0) is 32.0 Å². The Hall–Kier alpha value is -1.81. The fourth-order valence-corrected chi connectivity index (χ4v) is 2.39. The molecule has 0 radical (unpaired) electrons. The molecule has 0 spiro atoms. The summed E-state index contributed by atoms with van der Waals surface area (Å²) < 4.78 is 11.0. The van der Waals surface area contributed by atoms with Crippen molar-refractivity contribution < 1.29 is 13.9 Å². The Labute approximate surface area is 111 Å². The molecular weight excluding hydrogens is 242 g/mol. The lowest BCUT2D eigenvalue weighted by molar-refractivity contribution is 0.0110. The molecule has 1 aromatic heterocycles. The first kappa shape index (κ1) is 12.2. The summed E-state index contributed by atoms with van der Waals surface area (Å²) in [7, 11) is 2.08. The van der Waals surface area contributed by atoms with Crippen LogP contribution in [0.2, 0.25) is 0 Å². The zero-order valence-corrected chi connectivity index (χ0v) is 11.0. The molecule has 1 aliphatic rings. The Morgan fingerprint density at radius 3 is 2.79 bits per heavy atom. The first-order valence-corrected chi connectivity index (χ1v) is 6.60. The fourth-order valence-electron chi connectivity index (χ4n) is 2.39. The van der Waals surface area contributed by atoms with Gasteiger partial charge in [0.15, 0.2) is 0 Å². The number of likely N-dealkylation sites (tertiary alicyclic amines) is 1. The largest absolute Gasteiger partial charge is 0.456 e. The van der Waals surface area contributed by atoms with Gasteiger partial charge in [-0.15, -0.1) is 0 Å². The van der Waals surface area contributed by atoms with Gasteiger partial charge in [0.2, 0.25) is 5.76 Å². The highest BCUT2D eigenvalue weighted by Crippen LogP contribution is 2.21. The maximum Gasteiger partial charge on any atom is 0.374 e. The van der Waals surface area contributed by atoms with E-state index in [1.807, 2.05) is 24.3 Å². The number of carbonyl (C=O) groups excluding carboxylic acids is 1. The molecule has 1 fully saturated rings. The molecule has 4 nitrogen and oxygen atoms in total. The molecule has 0 bridgehead atoms. The Morgan fingerprint density at radius 1 is 1.32 bits per heavy atom. The summed E-state index contributed by atoms with van der Waals surface area (Å²) in [5.74, 6) is -0.0640. The van der Waals surface area contributed by atoms with Gasteiger partial charge < -0.3 is 14.1 Å². The van der Waals surface area contributed by atoms with Crippen molar-refractivity contribution in [3.63, 3.8) is 0 Å². The molecule has 1 aromatic carbocycles. The van der Waals surface area contributed by atoms with Gasteiger partial charge in [-0.25, -0.2) is 4.79 Å². The first-order valence-electron chi connectivity index (χ1n) is 6.60. The summed E-state index contributed by atoms with van der Waals surface area (Å²) in [6.07, 6.45) is 1.79. The normalized spacial score (nSPS) is 17.7. The Morgan fingerprint density at radius 2 is 2.05 bits per heavy atom. The Bertz CT molecular complexity index is 549. The summed E-state index contributed by atoms with van der Waals surface area (Å²) >= 11 is 0. The zero-order valence-electron chi connectivity index (χ0n) is 11.0. The van der Waals surface area contributed by atoms with Crippen LogP contribution >= 0.6 is 0 Å². The van der Waals surface area contributed by atoms with Crippen LogP contribution in [0.3, 0.4) is 0 Å². The molecular formula is C15H17NO3. The van der Waals surface area contributed by atoms with Crippen LogP contribution in [0.15, 0.2) is 34.7 Å². The Kier molecular flexibility index (Phi) is 3.25. The average molecular weight is 259 g/mol. The third kappa shape index (κ3) is 2.63. The predicted molar refractivity (Wildman–Crippen MR) is 72.1 cm³/mol. The van der Waals surface area contributed by atoms with Crippen molar-refractivity contribution in [3.05, 3.63) is 36.1 Å². The second kappa shape index (κ2) is 5.05. The highest BCUT2D eigenvalue weighted by atomic mass is 16.6. The van der Waals surface area contributed by atoms with E-state index in [0.29, 0.717) is 5.76 Å². The Balaban J connectivity index is 1.70. The molecule has 2 heterocycles. The summed E-state index contributed by atoms with van der Waals surface area (Å²) in [5, 5.41) is 0.929. The minimum Gasteiger partial charge on any atom is -0.456 e. The van der Waals surface area contributed by atoms with Gasteiger partial charge in [-0.3, -0.25) is 0 Å². The lowest BCUT2D eigenvalue weighted by Gasteiger charge is -2.28. The molecule has 0 atom stereocenters. The van der Waals surface area contributed by atoms with Gasteiger partial charge in [0.1, 0.15) is 11.7 Å². The van der Waals surface area contributed by atoms with Crippen LogP contribution in [0, 0.1) is 0 Å². The number of rotatable bonds is 2. The molecule has 1 aliphatic heterocycles. The fraction of sp³-hybridized carbons (Fsp3) is 0.400. The van der Waals surface area contributed by atoms with E-state index < -0.39 is 0 Å². The van der Waals surface area contributed by atoms with Crippen molar-refractivity contribution >= 4 is 16.9 Å². The number of piperidine rings is 1. The summed E-state index contributed by atoms with van der Waals surface area (Å²) in [5.41, 5.74) is 0.720. The highest BCUT2D eigenvalue weighted by Gasteiger charge is 2.22. The molecule has 4 heteroatoms. The van der Waals surface area contributed by atoms with Gasteiger partial charge in [-0.2, -0.15) is 0 Å². The van der Waals surface area contributed by atoms with Gasteiger partial charge in [0, 0.05) is 18.5 Å². The van der Waals surface area contributed by atoms with E-state index in [-0.39, 0.29) is 12.1 Å². The summed E-state index contributed by atoms with van der Waals surface area (Å²) in [6.45, 7) is 1.94. The minimum absolute atomic E-state index is 0.0110. The van der Waals surface area contributed by atoms with Gasteiger partial charge in [0.25, 0.3) is 0 Å². The van der Waals surface area contributed by atoms with E-state index in [1.165, 1.54) is 0 Å². The first-order chi connectivity index (χ1) is 9.22. The highest BCUT2D eigenvalue weighted by molar-refractivity contribution is 5.92. The molecule has 1 saturated heterocycles. The number of carbonyl (C=O) groups is 1. The van der Waals surface area contributed by atoms with Crippen molar-refractivity contribution in [1.29, 1.82) is 0 Å². The second-order valence-electron chi connectivity index (χ2n) is 5.06. The maximum absolute atomic E-state index is 12.0. The number of furan rings is 1. The molecule has 2 aromatic rings. The average Bonchev–Trinajstić information content (AvgIpc) is 2.85. The van der Waals surface area contributed by atoms with Crippen molar-refractivity contribution in [1.82, 2.24) is 4.90 Å². The molecule has 0 saturated carbocycles. The third-order valence-electron chi connectivity index (χ3n) is 3.57. The predicted octanol–water partition coefficient (Wildman–Crippen LogP) is 2.68. The van der Waals surface area contributed by atoms with Crippen LogP contribution in [0.4, 0.5) is 0 Å². The van der Waals surface area contributed by atoms with Crippen molar-refractivity contribution in [2.24, 2.45) is 0 Å². The number of fused-ring (bicyclic) bond motifs is 1. The molecule has 19 heavy (non-hydrogen) atoms. The monoisotopic (exact) mass is 259 g/mol. The number of ether oxygens (including phenoxy) is 1. The number of benzene rings is 1. The van der Waals surface area contributed by atoms with Gasteiger partial charge in [-0.1, -0.05) is 18.2 Å². The summed E-state index contributed by atoms with van der Waals surface area (Å²) in [6, 6.07) is 9.32. The van der Waals surface area contributed by atoms with E-state index in [1.54, 1.807) is 6.07 Å². The number of hydrogen-bond donors (Lipinski definition) is 0. The molecule has 3 rings (SSSR count). The van der Waals surface area contributed by atoms with Crippen LogP contribution in [-0.4, -0.2) is 37.1 Å². The minimum atomic E-state index is -0.356. The van der Waals surface area contributed by atoms with Crippen LogP contribution in [-0.2, 0) is 4.74 Å². The number of hydrogen-bond acceptors (Lipinski definition) is 4. The van der Waals surface area contributed by atoms with E-state index >= 15 is 0 Å². The standard InChI is InChI=1S/C15H17NO3/c1-16-8-6-12(7-9-16)18-15(17)14-10-11-4-2-3-5-13(11)19-14/h2-5,10,12H,6-9H2,1H3. The van der Waals surface area contributed by atoms with Gasteiger partial charge in [0.05, 0.1) is 0 Å². The number of esters is 1. The SMILES string of the molecule is CN1CCC(OC(=O)c2cc3ccccc3o2)CC1. The topological polar surface area (TPSA) is 42.7 Å². The number of nitrogens with zero attached hydrogens (tertiary/aromatic N) is 1. The molecule has 0 N–H and O–H groups in total. The van der Waals surface area contributed by atoms with E-state index in [0.717, 1.165) is 36.9 Å². The van der Waals surface area contributed by atoms with Crippen molar-refractivity contribution in [3.8, 4) is 0 Å². The molecule has 0 aliphatic carbocycles. The van der Waals surface area contributed by atoms with Crippen LogP contribution in [0.25, 0.3) is 11.0 Å². The zero-order chi connectivity index (χ0) is 13.2. The van der Waals surface area contributed by atoms with Crippen molar-refractivity contribution in [2.75, 3.05) is 20.1 Å². The van der Waals surface area contributed by atoms with E-state index in [4.69, 9.17) is 9.15 Å². The summed E-state index contributed by atoms with van der Waals surface area (Å²) in [4.78, 5) is 14.3. The molecule has 0 amide bonds. The molecule has 100 valence electrons. The quantitative estimate of drug-likeness (QED) is 0.778. The van der Waals surface area contributed by atoms with Crippen LogP contribution in [0.5, 0.6) is 0 Å². The van der Waals surface area contributed by atoms with Crippen molar-refractivity contribution in [2.45, 2.75) is 18.9 Å². The smallest absolute Gasteiger partial charge is 0.374 e. The lowest BCUT2D eigenvalue weighted by Crippen LogP contribution is -2.35.